The predicted octanol–water partition coefficient (Wildman–Crippen LogP) is 1.84. The molecule has 4 nitrogen and oxygen atoms in total. The van der Waals surface area contributed by atoms with Crippen LogP contribution in [0.25, 0.3) is 0 Å². The van der Waals surface area contributed by atoms with Crippen molar-refractivity contribution < 1.29 is 9.90 Å². The van der Waals surface area contributed by atoms with Gasteiger partial charge in [-0.3, -0.25) is 0 Å². The molecule has 1 aromatic rings. The van der Waals surface area contributed by atoms with Crippen LogP contribution < -0.4 is 10.6 Å². The predicted molar refractivity (Wildman–Crippen MR) is 60.2 cm³/mol. The first-order valence-electron chi connectivity index (χ1n) is 4.57. The van der Waals surface area contributed by atoms with Gasteiger partial charge >= 0.3 is 6.03 Å². The molecule has 5 heteroatoms. The minimum Gasteiger partial charge on any atom is -0.392 e. The van der Waals surface area contributed by atoms with Crippen LogP contribution in [0, 0.1) is 0 Å². The molecule has 0 saturated heterocycles. The van der Waals surface area contributed by atoms with Gasteiger partial charge in [0, 0.05) is 6.54 Å². The number of anilines is 1. The largest absolute Gasteiger partial charge is 0.392 e. The van der Waals surface area contributed by atoms with Crippen LogP contribution in [-0.4, -0.2) is 23.8 Å². The molecular weight excluding hydrogens is 216 g/mol. The number of carbonyl (C=O) groups excluding carboxylic acids is 1. The average molecular weight is 229 g/mol. The SMILES string of the molecule is C[C@@H](O)CNC(=O)Nc1ccccc1Cl. The van der Waals surface area contributed by atoms with Crippen LogP contribution in [0.4, 0.5) is 10.5 Å². The minimum absolute atomic E-state index is 0.205. The first-order valence-corrected chi connectivity index (χ1v) is 4.95. The number of amides is 2. The average Bonchev–Trinajstić information content (AvgIpc) is 2.18. The summed E-state index contributed by atoms with van der Waals surface area (Å²) in [5, 5.41) is 14.5. The second-order valence-electron chi connectivity index (χ2n) is 3.16. The quantitative estimate of drug-likeness (QED) is 0.739. The van der Waals surface area contributed by atoms with E-state index in [4.69, 9.17) is 16.7 Å². The van der Waals surface area contributed by atoms with E-state index in [9.17, 15) is 4.79 Å². The third-order valence-corrected chi connectivity index (χ3v) is 2.01. The fourth-order valence-corrected chi connectivity index (χ4v) is 1.15. The van der Waals surface area contributed by atoms with Gasteiger partial charge < -0.3 is 15.7 Å². The highest BCUT2D eigenvalue weighted by atomic mass is 35.5. The second-order valence-corrected chi connectivity index (χ2v) is 3.57. The van der Waals surface area contributed by atoms with Gasteiger partial charge in [-0.1, -0.05) is 23.7 Å². The molecule has 0 fully saturated rings. The molecule has 0 unspecified atom stereocenters. The molecule has 3 N–H and O–H groups in total. The van der Waals surface area contributed by atoms with E-state index in [1.807, 2.05) is 0 Å². The van der Waals surface area contributed by atoms with Crippen LogP contribution >= 0.6 is 11.6 Å². The number of para-hydroxylation sites is 1. The van der Waals surface area contributed by atoms with Crippen molar-refractivity contribution in [2.24, 2.45) is 0 Å². The summed E-state index contributed by atoms with van der Waals surface area (Å²) in [6.07, 6.45) is -0.568. The number of urea groups is 1. The molecular formula is C10H13ClN2O2. The van der Waals surface area contributed by atoms with Crippen molar-refractivity contribution in [1.82, 2.24) is 5.32 Å². The zero-order valence-electron chi connectivity index (χ0n) is 8.33. The van der Waals surface area contributed by atoms with Crippen LogP contribution in [0.1, 0.15) is 6.92 Å². The second kappa shape index (κ2) is 5.58. The zero-order chi connectivity index (χ0) is 11.3. The van der Waals surface area contributed by atoms with Gasteiger partial charge in [0.15, 0.2) is 0 Å². The summed E-state index contributed by atoms with van der Waals surface area (Å²) in [7, 11) is 0. The first-order chi connectivity index (χ1) is 7.09. The number of halogens is 1. The number of nitrogens with one attached hydrogen (secondary N) is 2. The van der Waals surface area contributed by atoms with Crippen molar-refractivity contribution in [3.8, 4) is 0 Å². The molecule has 0 bridgehead atoms. The van der Waals surface area contributed by atoms with E-state index in [0.29, 0.717) is 10.7 Å². The van der Waals surface area contributed by atoms with Crippen LogP contribution in [0.5, 0.6) is 0 Å². The summed E-state index contributed by atoms with van der Waals surface area (Å²) < 4.78 is 0. The standard InChI is InChI=1S/C10H13ClN2O2/c1-7(14)6-12-10(15)13-9-5-3-2-4-8(9)11/h2-5,7,14H,6H2,1H3,(H2,12,13,15)/t7-/m1/s1. The molecule has 0 aliphatic rings. The molecule has 0 aromatic heterocycles. The Bertz CT molecular complexity index is 342. The van der Waals surface area contributed by atoms with Crippen molar-refractivity contribution in [1.29, 1.82) is 0 Å². The Balaban J connectivity index is 2.48. The molecule has 0 saturated carbocycles. The third-order valence-electron chi connectivity index (χ3n) is 1.68. The van der Waals surface area contributed by atoms with E-state index in [2.05, 4.69) is 10.6 Å². The number of aliphatic hydroxyl groups excluding tert-OH is 1. The maximum Gasteiger partial charge on any atom is 0.319 e. The molecule has 82 valence electrons. The van der Waals surface area contributed by atoms with Gasteiger partial charge in [0.25, 0.3) is 0 Å². The topological polar surface area (TPSA) is 61.4 Å². The summed E-state index contributed by atoms with van der Waals surface area (Å²) >= 11 is 5.84. The van der Waals surface area contributed by atoms with Crippen molar-refractivity contribution in [2.45, 2.75) is 13.0 Å². The summed E-state index contributed by atoms with van der Waals surface area (Å²) in [4.78, 5) is 11.3. The van der Waals surface area contributed by atoms with E-state index in [0.717, 1.165) is 0 Å². The highest BCUT2D eigenvalue weighted by molar-refractivity contribution is 6.33. The number of aliphatic hydroxyl groups is 1. The number of hydrogen-bond acceptors (Lipinski definition) is 2. The molecule has 1 atom stereocenters. The molecule has 2 amide bonds. The smallest absolute Gasteiger partial charge is 0.319 e. The number of carbonyl (C=O) groups is 1. The first kappa shape index (κ1) is 11.8. The number of rotatable bonds is 3. The molecule has 0 radical (unpaired) electrons. The normalized spacial score (nSPS) is 11.9. The lowest BCUT2D eigenvalue weighted by Crippen LogP contribution is -2.34. The molecule has 0 spiro atoms. The lowest BCUT2D eigenvalue weighted by Gasteiger charge is -2.09. The van der Waals surface area contributed by atoms with Gasteiger partial charge in [0.05, 0.1) is 16.8 Å². The van der Waals surface area contributed by atoms with Crippen molar-refractivity contribution in [3.05, 3.63) is 29.3 Å². The van der Waals surface area contributed by atoms with E-state index in [1.54, 1.807) is 31.2 Å². The Kier molecular flexibility index (Phi) is 4.39. The van der Waals surface area contributed by atoms with Crippen LogP contribution in [0.15, 0.2) is 24.3 Å². The molecule has 1 rings (SSSR count). The fraction of sp³-hybridized carbons (Fsp3) is 0.300. The highest BCUT2D eigenvalue weighted by Gasteiger charge is 2.04. The maximum absolute atomic E-state index is 11.3. The molecule has 0 heterocycles. The van der Waals surface area contributed by atoms with Gasteiger partial charge in [0.2, 0.25) is 0 Å². The highest BCUT2D eigenvalue weighted by Crippen LogP contribution is 2.19. The lowest BCUT2D eigenvalue weighted by atomic mass is 10.3. The van der Waals surface area contributed by atoms with Crippen LogP contribution in [-0.2, 0) is 0 Å². The van der Waals surface area contributed by atoms with Crippen LogP contribution in [0.3, 0.4) is 0 Å². The van der Waals surface area contributed by atoms with Crippen molar-refractivity contribution >= 4 is 23.3 Å². The Morgan fingerprint density at radius 2 is 2.20 bits per heavy atom. The van der Waals surface area contributed by atoms with E-state index in [1.165, 1.54) is 0 Å². The van der Waals surface area contributed by atoms with Gasteiger partial charge in [-0.25, -0.2) is 4.79 Å². The Morgan fingerprint density at radius 3 is 2.80 bits per heavy atom. The Hall–Kier alpha value is -1.26. The van der Waals surface area contributed by atoms with Gasteiger partial charge in [0.1, 0.15) is 0 Å². The lowest BCUT2D eigenvalue weighted by molar-refractivity contribution is 0.190. The van der Waals surface area contributed by atoms with Gasteiger partial charge in [-0.2, -0.15) is 0 Å². The monoisotopic (exact) mass is 228 g/mol. The Labute approximate surface area is 93.2 Å². The van der Waals surface area contributed by atoms with E-state index >= 15 is 0 Å². The summed E-state index contributed by atoms with van der Waals surface area (Å²) in [5.41, 5.74) is 0.544. The fourth-order valence-electron chi connectivity index (χ4n) is 0.969. The van der Waals surface area contributed by atoms with Crippen molar-refractivity contribution in [2.75, 3.05) is 11.9 Å². The summed E-state index contributed by atoms with van der Waals surface area (Å²) in [6.45, 7) is 1.80. The number of benzene rings is 1. The van der Waals surface area contributed by atoms with Crippen LogP contribution in [0.2, 0.25) is 5.02 Å². The van der Waals surface area contributed by atoms with E-state index in [-0.39, 0.29) is 12.6 Å². The maximum atomic E-state index is 11.3. The number of hydrogen-bond donors (Lipinski definition) is 3. The molecule has 0 aliphatic carbocycles. The molecule has 15 heavy (non-hydrogen) atoms. The van der Waals surface area contributed by atoms with Gasteiger partial charge in [-0.15, -0.1) is 0 Å². The summed E-state index contributed by atoms with van der Waals surface area (Å²) in [6, 6.07) is 6.55. The van der Waals surface area contributed by atoms with Gasteiger partial charge in [-0.05, 0) is 19.1 Å². The third kappa shape index (κ3) is 4.18. The molecule has 0 aliphatic heterocycles. The zero-order valence-corrected chi connectivity index (χ0v) is 9.08. The molecule has 1 aromatic carbocycles. The summed E-state index contributed by atoms with van der Waals surface area (Å²) in [5.74, 6) is 0. The Morgan fingerprint density at radius 1 is 1.53 bits per heavy atom. The van der Waals surface area contributed by atoms with Crippen molar-refractivity contribution in [3.63, 3.8) is 0 Å². The van der Waals surface area contributed by atoms with E-state index < -0.39 is 6.10 Å². The minimum atomic E-state index is -0.568.